The number of methoxy groups -OCH3 is 1. The molecule has 0 aromatic carbocycles. The highest BCUT2D eigenvalue weighted by atomic mass is 79.9. The summed E-state index contributed by atoms with van der Waals surface area (Å²) in [4.78, 5) is 14.5. The lowest BCUT2D eigenvalue weighted by Crippen LogP contribution is -2.41. The number of piperidine rings is 1. The molecule has 118 valence electrons. The van der Waals surface area contributed by atoms with Crippen molar-refractivity contribution in [3.8, 4) is 0 Å². The van der Waals surface area contributed by atoms with Crippen LogP contribution in [0.2, 0.25) is 0 Å². The normalized spacial score (nSPS) is 19.7. The number of halogens is 1. The Labute approximate surface area is 133 Å². The van der Waals surface area contributed by atoms with Crippen molar-refractivity contribution in [3.05, 3.63) is 21.0 Å². The second-order valence-electron chi connectivity index (χ2n) is 5.40. The van der Waals surface area contributed by atoms with E-state index in [0.717, 1.165) is 18.8 Å². The van der Waals surface area contributed by atoms with Gasteiger partial charge in [0.15, 0.2) is 0 Å². The number of rotatable bonds is 6. The van der Waals surface area contributed by atoms with Gasteiger partial charge in [0, 0.05) is 19.7 Å². The van der Waals surface area contributed by atoms with Gasteiger partial charge in [-0.05, 0) is 42.4 Å². The molecule has 0 radical (unpaired) electrons. The lowest BCUT2D eigenvalue weighted by Gasteiger charge is -2.32. The van der Waals surface area contributed by atoms with Crippen molar-refractivity contribution in [1.29, 1.82) is 0 Å². The zero-order valence-corrected chi connectivity index (χ0v) is 14.2. The minimum Gasteiger partial charge on any atom is -0.383 e. The van der Waals surface area contributed by atoms with Gasteiger partial charge < -0.3 is 15.0 Å². The minimum absolute atomic E-state index is 0.131. The fourth-order valence-corrected chi connectivity index (χ4v) is 3.00. The Morgan fingerprint density at radius 3 is 3.05 bits per heavy atom. The summed E-state index contributed by atoms with van der Waals surface area (Å²) in [6, 6.07) is 0.515. The zero-order chi connectivity index (χ0) is 15.2. The first kappa shape index (κ1) is 16.5. The summed E-state index contributed by atoms with van der Waals surface area (Å²) in [6.45, 7) is 2.90. The molecule has 1 fully saturated rings. The molecule has 2 heterocycles. The fraction of sp³-hybridized carbons (Fsp3) is 0.714. The molecular weight excluding hydrogens is 336 g/mol. The molecule has 0 bridgehead atoms. The Morgan fingerprint density at radius 1 is 1.52 bits per heavy atom. The van der Waals surface area contributed by atoms with Crippen molar-refractivity contribution in [2.24, 2.45) is 0 Å². The largest absolute Gasteiger partial charge is 0.383 e. The number of nitrogens with zero attached hydrogens (tertiary/aromatic N) is 3. The van der Waals surface area contributed by atoms with Crippen LogP contribution in [-0.2, 0) is 11.3 Å². The van der Waals surface area contributed by atoms with Crippen LogP contribution in [0.25, 0.3) is 0 Å². The number of likely N-dealkylation sites (tertiary alicyclic amines) is 1. The predicted octanol–water partition coefficient (Wildman–Crippen LogP) is 1.55. The summed E-state index contributed by atoms with van der Waals surface area (Å²) in [5, 5.41) is 7.52. The summed E-state index contributed by atoms with van der Waals surface area (Å²) in [7, 11) is 3.76. The molecule has 1 aliphatic rings. The number of hydrogen-bond acceptors (Lipinski definition) is 5. The van der Waals surface area contributed by atoms with Crippen LogP contribution in [0, 0.1) is 0 Å². The molecule has 1 N–H and O–H groups in total. The third-order valence-corrected chi connectivity index (χ3v) is 4.71. The Hall–Kier alpha value is -0.920. The number of ether oxygens (including phenoxy) is 1. The highest BCUT2D eigenvalue weighted by Gasteiger charge is 2.19. The molecular formula is C14H23BrN4O2. The van der Waals surface area contributed by atoms with Gasteiger partial charge in [0.2, 0.25) is 0 Å². The van der Waals surface area contributed by atoms with Crippen LogP contribution in [0.4, 0.5) is 5.69 Å². The molecule has 1 aromatic heterocycles. The summed E-state index contributed by atoms with van der Waals surface area (Å²) < 4.78 is 6.92. The van der Waals surface area contributed by atoms with Gasteiger partial charge in [-0.1, -0.05) is 6.42 Å². The summed E-state index contributed by atoms with van der Waals surface area (Å²) in [5.41, 5.74) is 0.627. The van der Waals surface area contributed by atoms with E-state index in [0.29, 0.717) is 23.7 Å². The average Bonchev–Trinajstić information content (AvgIpc) is 2.49. The van der Waals surface area contributed by atoms with Crippen molar-refractivity contribution < 1.29 is 4.74 Å². The van der Waals surface area contributed by atoms with E-state index in [9.17, 15) is 4.79 Å². The van der Waals surface area contributed by atoms with Gasteiger partial charge in [0.05, 0.1) is 25.0 Å². The number of aromatic nitrogens is 2. The topological polar surface area (TPSA) is 59.4 Å². The smallest absolute Gasteiger partial charge is 0.283 e. The quantitative estimate of drug-likeness (QED) is 0.835. The van der Waals surface area contributed by atoms with E-state index in [1.807, 2.05) is 0 Å². The number of likely N-dealkylation sites (N-methyl/N-ethyl adjacent to an activating group) is 1. The molecule has 0 spiro atoms. The maximum atomic E-state index is 12.2. The van der Waals surface area contributed by atoms with E-state index in [1.54, 1.807) is 13.3 Å². The lowest BCUT2D eigenvalue weighted by molar-refractivity contribution is 0.181. The highest BCUT2D eigenvalue weighted by Crippen LogP contribution is 2.19. The van der Waals surface area contributed by atoms with Gasteiger partial charge in [-0.15, -0.1) is 0 Å². The first-order chi connectivity index (χ1) is 10.1. The number of nitrogens with one attached hydrogen (secondary N) is 1. The van der Waals surface area contributed by atoms with E-state index in [4.69, 9.17) is 4.74 Å². The Kier molecular flexibility index (Phi) is 6.20. The molecule has 6 nitrogen and oxygen atoms in total. The van der Waals surface area contributed by atoms with Crippen LogP contribution < -0.4 is 10.9 Å². The third kappa shape index (κ3) is 4.28. The van der Waals surface area contributed by atoms with E-state index >= 15 is 0 Å². The van der Waals surface area contributed by atoms with Crippen LogP contribution >= 0.6 is 15.9 Å². The zero-order valence-electron chi connectivity index (χ0n) is 12.6. The van der Waals surface area contributed by atoms with Gasteiger partial charge in [-0.25, -0.2) is 4.68 Å². The van der Waals surface area contributed by atoms with Gasteiger partial charge in [0.25, 0.3) is 5.56 Å². The van der Waals surface area contributed by atoms with Crippen molar-refractivity contribution in [1.82, 2.24) is 14.7 Å². The van der Waals surface area contributed by atoms with Crippen molar-refractivity contribution in [2.75, 3.05) is 39.2 Å². The molecule has 1 unspecified atom stereocenters. The second-order valence-corrected chi connectivity index (χ2v) is 6.20. The molecule has 0 aliphatic carbocycles. The summed E-state index contributed by atoms with van der Waals surface area (Å²) in [6.07, 6.45) is 5.44. The maximum absolute atomic E-state index is 12.2. The Balaban J connectivity index is 2.00. The van der Waals surface area contributed by atoms with Crippen LogP contribution in [0.3, 0.4) is 0 Å². The van der Waals surface area contributed by atoms with Crippen LogP contribution in [0.15, 0.2) is 15.5 Å². The van der Waals surface area contributed by atoms with E-state index in [1.165, 1.54) is 23.9 Å². The first-order valence-corrected chi connectivity index (χ1v) is 8.11. The van der Waals surface area contributed by atoms with Gasteiger partial charge in [-0.3, -0.25) is 4.79 Å². The van der Waals surface area contributed by atoms with Crippen LogP contribution in [0.5, 0.6) is 0 Å². The van der Waals surface area contributed by atoms with E-state index in [-0.39, 0.29) is 5.56 Å². The van der Waals surface area contributed by atoms with Crippen LogP contribution in [-0.4, -0.2) is 54.6 Å². The summed E-state index contributed by atoms with van der Waals surface area (Å²) in [5.74, 6) is 0. The van der Waals surface area contributed by atoms with Gasteiger partial charge in [-0.2, -0.15) is 5.10 Å². The lowest BCUT2D eigenvalue weighted by atomic mass is 10.0. The van der Waals surface area contributed by atoms with E-state index in [2.05, 4.69) is 38.3 Å². The minimum atomic E-state index is -0.131. The maximum Gasteiger partial charge on any atom is 0.283 e. The number of hydrogen-bond donors (Lipinski definition) is 1. The van der Waals surface area contributed by atoms with Crippen molar-refractivity contribution in [3.63, 3.8) is 0 Å². The SMILES string of the molecule is COCCn1ncc(NCC2CCCCN2C)c(Br)c1=O. The average molecular weight is 359 g/mol. The molecule has 0 amide bonds. The standard InChI is InChI=1S/C14H23BrN4O2/c1-18-6-4-3-5-11(18)9-16-12-10-17-19(7-8-21-2)14(20)13(12)15/h10-11,16H,3-9H2,1-2H3. The Morgan fingerprint density at radius 2 is 2.33 bits per heavy atom. The molecule has 2 rings (SSSR count). The molecule has 0 saturated carbocycles. The van der Waals surface area contributed by atoms with Crippen molar-refractivity contribution in [2.45, 2.75) is 31.8 Å². The highest BCUT2D eigenvalue weighted by molar-refractivity contribution is 9.10. The number of anilines is 1. The first-order valence-electron chi connectivity index (χ1n) is 7.32. The second kappa shape index (κ2) is 7.91. The van der Waals surface area contributed by atoms with Crippen LogP contribution in [0.1, 0.15) is 19.3 Å². The molecule has 1 saturated heterocycles. The molecule has 21 heavy (non-hydrogen) atoms. The molecule has 7 heteroatoms. The summed E-state index contributed by atoms with van der Waals surface area (Å²) >= 11 is 3.37. The van der Waals surface area contributed by atoms with Gasteiger partial charge >= 0.3 is 0 Å². The van der Waals surface area contributed by atoms with Gasteiger partial charge in [0.1, 0.15) is 4.47 Å². The fourth-order valence-electron chi connectivity index (χ4n) is 2.56. The predicted molar refractivity (Wildman–Crippen MR) is 86.8 cm³/mol. The molecule has 1 aromatic rings. The monoisotopic (exact) mass is 358 g/mol. The van der Waals surface area contributed by atoms with E-state index < -0.39 is 0 Å². The molecule has 1 aliphatic heterocycles. The van der Waals surface area contributed by atoms with Crippen molar-refractivity contribution >= 4 is 21.6 Å². The third-order valence-electron chi connectivity index (χ3n) is 3.94. The molecule has 1 atom stereocenters. The Bertz CT molecular complexity index is 520.